The Hall–Kier alpha value is -3.35. The van der Waals surface area contributed by atoms with Crippen LogP contribution in [0, 0.1) is 0 Å². The lowest BCUT2D eigenvalue weighted by molar-refractivity contribution is -0.118. The third kappa shape index (κ3) is 2.80. The van der Waals surface area contributed by atoms with Gasteiger partial charge in [0.15, 0.2) is 12.0 Å². The molecule has 0 fully saturated rings. The fourth-order valence-electron chi connectivity index (χ4n) is 3.17. The van der Waals surface area contributed by atoms with Crippen LogP contribution >= 0.6 is 0 Å². The zero-order valence-corrected chi connectivity index (χ0v) is 13.4. The highest BCUT2D eigenvalue weighted by Gasteiger charge is 2.33. The Morgan fingerprint density at radius 1 is 1.20 bits per heavy atom. The van der Waals surface area contributed by atoms with Crippen molar-refractivity contribution in [2.75, 3.05) is 6.54 Å². The number of nitrogens with zero attached hydrogens (tertiary/aromatic N) is 1. The summed E-state index contributed by atoms with van der Waals surface area (Å²) in [6.45, 7) is 0.337. The van der Waals surface area contributed by atoms with Crippen LogP contribution in [0.1, 0.15) is 27.3 Å². The van der Waals surface area contributed by atoms with Gasteiger partial charge in [0.1, 0.15) is 5.69 Å². The largest absolute Gasteiger partial charge is 0.370 e. The van der Waals surface area contributed by atoms with E-state index in [0.717, 1.165) is 11.3 Å². The average Bonchev–Trinajstić information content (AvgIpc) is 3.11. The lowest BCUT2D eigenvalue weighted by atomic mass is 9.98. The molecule has 7 nitrogen and oxygen atoms in total. The summed E-state index contributed by atoms with van der Waals surface area (Å²) in [5.41, 5.74) is 9.47. The summed E-state index contributed by atoms with van der Waals surface area (Å²) >= 11 is 0. The van der Waals surface area contributed by atoms with Crippen molar-refractivity contribution < 1.29 is 9.59 Å². The molecule has 0 saturated heterocycles. The van der Waals surface area contributed by atoms with Crippen molar-refractivity contribution in [2.45, 2.75) is 12.5 Å². The van der Waals surface area contributed by atoms with E-state index < -0.39 is 6.04 Å². The number of aromatic nitrogens is 1. The number of amides is 2. The number of fused-ring (bicyclic) bond motifs is 1. The molecule has 0 saturated carbocycles. The number of hydrogen-bond donors (Lipinski definition) is 4. The molecule has 0 radical (unpaired) electrons. The second kappa shape index (κ2) is 5.94. The van der Waals surface area contributed by atoms with Crippen LogP contribution in [-0.4, -0.2) is 35.3 Å². The fourth-order valence-corrected chi connectivity index (χ4v) is 3.17. The standard InChI is InChI=1S/C18H17N5O2/c19-18-22-14(17(25)23-18)12-6-7-20-16(24)15-13(12)9-11(21-15)8-10-4-2-1-3-5-10/h1-6,9,14,21H,7-8H2,(H,20,24)(H3,19,22,23,25). The Morgan fingerprint density at radius 3 is 2.72 bits per heavy atom. The lowest BCUT2D eigenvalue weighted by Gasteiger charge is -2.08. The van der Waals surface area contributed by atoms with Gasteiger partial charge in [0.05, 0.1) is 0 Å². The maximum atomic E-state index is 12.3. The normalized spacial score (nSPS) is 19.4. The first-order chi connectivity index (χ1) is 12.1. The molecule has 126 valence electrons. The Balaban J connectivity index is 1.73. The summed E-state index contributed by atoms with van der Waals surface area (Å²) < 4.78 is 0. The van der Waals surface area contributed by atoms with Gasteiger partial charge >= 0.3 is 0 Å². The number of nitrogens with two attached hydrogens (primary N) is 1. The molecule has 1 aromatic carbocycles. The van der Waals surface area contributed by atoms with Crippen molar-refractivity contribution in [2.24, 2.45) is 10.7 Å². The van der Waals surface area contributed by atoms with Crippen LogP contribution in [0.15, 0.2) is 47.5 Å². The van der Waals surface area contributed by atoms with Gasteiger partial charge in [-0.1, -0.05) is 36.4 Å². The lowest BCUT2D eigenvalue weighted by Crippen LogP contribution is -2.33. The van der Waals surface area contributed by atoms with Crippen LogP contribution in [0.25, 0.3) is 5.57 Å². The first-order valence-corrected chi connectivity index (χ1v) is 8.00. The summed E-state index contributed by atoms with van der Waals surface area (Å²) in [7, 11) is 0. The Morgan fingerprint density at radius 2 is 2.00 bits per heavy atom. The van der Waals surface area contributed by atoms with Crippen LogP contribution in [0.4, 0.5) is 0 Å². The van der Waals surface area contributed by atoms with E-state index in [0.29, 0.717) is 29.8 Å². The molecule has 25 heavy (non-hydrogen) atoms. The zero-order chi connectivity index (χ0) is 17.4. The van der Waals surface area contributed by atoms with E-state index in [4.69, 9.17) is 5.73 Å². The van der Waals surface area contributed by atoms with E-state index in [9.17, 15) is 9.59 Å². The first kappa shape index (κ1) is 15.2. The molecule has 3 heterocycles. The Bertz CT molecular complexity index is 911. The van der Waals surface area contributed by atoms with E-state index in [2.05, 4.69) is 20.6 Å². The van der Waals surface area contributed by atoms with Crippen LogP contribution in [0.5, 0.6) is 0 Å². The second-order valence-corrected chi connectivity index (χ2v) is 6.02. The number of benzene rings is 1. The van der Waals surface area contributed by atoms with Crippen molar-refractivity contribution in [3.05, 3.63) is 65.0 Å². The van der Waals surface area contributed by atoms with Crippen LogP contribution in [-0.2, 0) is 11.2 Å². The average molecular weight is 335 g/mol. The van der Waals surface area contributed by atoms with Gasteiger partial charge in [-0.25, -0.2) is 4.99 Å². The second-order valence-electron chi connectivity index (χ2n) is 6.02. The van der Waals surface area contributed by atoms with E-state index in [-0.39, 0.29) is 17.8 Å². The minimum Gasteiger partial charge on any atom is -0.370 e. The Kier molecular flexibility index (Phi) is 3.61. The predicted octanol–water partition coefficient (Wildman–Crippen LogP) is 0.545. The molecule has 1 unspecified atom stereocenters. The van der Waals surface area contributed by atoms with E-state index in [1.165, 1.54) is 0 Å². The van der Waals surface area contributed by atoms with Crippen LogP contribution < -0.4 is 16.4 Å². The number of nitrogens with one attached hydrogen (secondary N) is 3. The summed E-state index contributed by atoms with van der Waals surface area (Å²) in [6.07, 6.45) is 2.48. The highest BCUT2D eigenvalue weighted by Crippen LogP contribution is 2.29. The number of carbonyl (C=O) groups excluding carboxylic acids is 2. The van der Waals surface area contributed by atoms with Gasteiger partial charge in [0.25, 0.3) is 11.8 Å². The van der Waals surface area contributed by atoms with Gasteiger partial charge < -0.3 is 16.0 Å². The van der Waals surface area contributed by atoms with Gasteiger partial charge in [-0.3, -0.25) is 14.9 Å². The summed E-state index contributed by atoms with van der Waals surface area (Å²) in [5.74, 6) is -0.383. The number of hydrogen-bond acceptors (Lipinski definition) is 4. The van der Waals surface area contributed by atoms with Gasteiger partial charge in [-0.05, 0) is 17.2 Å². The maximum absolute atomic E-state index is 12.3. The van der Waals surface area contributed by atoms with E-state index in [1.54, 1.807) is 0 Å². The van der Waals surface area contributed by atoms with Gasteiger partial charge in [-0.2, -0.15) is 0 Å². The SMILES string of the molecule is NC1=NC(C2=CCNC(=O)c3[nH]c(Cc4ccccc4)cc32)C(=O)N1. The molecular weight excluding hydrogens is 318 g/mol. The van der Waals surface area contributed by atoms with E-state index >= 15 is 0 Å². The first-order valence-electron chi connectivity index (χ1n) is 8.00. The zero-order valence-electron chi connectivity index (χ0n) is 13.4. The number of aromatic amines is 1. The molecule has 2 amide bonds. The third-order valence-corrected chi connectivity index (χ3v) is 4.30. The van der Waals surface area contributed by atoms with Gasteiger partial charge in [0, 0.05) is 24.2 Å². The molecule has 1 atom stereocenters. The highest BCUT2D eigenvalue weighted by molar-refractivity contribution is 6.12. The number of H-pyrrole nitrogens is 1. The Labute approximate surface area is 144 Å². The predicted molar refractivity (Wildman–Crippen MR) is 93.9 cm³/mol. The fraction of sp³-hybridized carbons (Fsp3) is 0.167. The molecule has 7 heteroatoms. The van der Waals surface area contributed by atoms with Crippen LogP contribution in [0.2, 0.25) is 0 Å². The molecule has 2 aromatic rings. The quantitative estimate of drug-likeness (QED) is 0.657. The van der Waals surface area contributed by atoms with Crippen molar-refractivity contribution in [1.82, 2.24) is 15.6 Å². The monoisotopic (exact) mass is 335 g/mol. The number of guanidine groups is 1. The number of rotatable bonds is 3. The minimum atomic E-state index is -0.730. The summed E-state index contributed by atoms with van der Waals surface area (Å²) in [4.78, 5) is 31.8. The minimum absolute atomic E-state index is 0.0982. The molecular formula is C18H17N5O2. The molecule has 5 N–H and O–H groups in total. The molecule has 2 aliphatic rings. The number of aliphatic imine (C=N–C) groups is 1. The van der Waals surface area contributed by atoms with E-state index in [1.807, 2.05) is 42.5 Å². The molecule has 1 aromatic heterocycles. The van der Waals surface area contributed by atoms with Crippen molar-refractivity contribution in [3.63, 3.8) is 0 Å². The van der Waals surface area contributed by atoms with Gasteiger partial charge in [0.2, 0.25) is 0 Å². The molecule has 0 spiro atoms. The summed E-state index contributed by atoms with van der Waals surface area (Å²) in [6, 6.07) is 11.1. The molecule has 2 aliphatic heterocycles. The summed E-state index contributed by atoms with van der Waals surface area (Å²) in [5, 5.41) is 5.31. The van der Waals surface area contributed by atoms with Crippen molar-refractivity contribution in [1.29, 1.82) is 0 Å². The van der Waals surface area contributed by atoms with Gasteiger partial charge in [-0.15, -0.1) is 0 Å². The topological polar surface area (TPSA) is 112 Å². The molecule has 0 bridgehead atoms. The number of carbonyl (C=O) groups is 2. The smallest absolute Gasteiger partial charge is 0.268 e. The molecule has 0 aliphatic carbocycles. The molecule has 4 rings (SSSR count). The maximum Gasteiger partial charge on any atom is 0.268 e. The third-order valence-electron chi connectivity index (χ3n) is 4.30. The van der Waals surface area contributed by atoms with Crippen LogP contribution in [0.3, 0.4) is 0 Å². The van der Waals surface area contributed by atoms with Crippen molar-refractivity contribution in [3.8, 4) is 0 Å². The van der Waals surface area contributed by atoms with Crippen molar-refractivity contribution >= 4 is 23.3 Å². The highest BCUT2D eigenvalue weighted by atomic mass is 16.2.